The molecule has 0 aromatic heterocycles. The van der Waals surface area contributed by atoms with E-state index < -0.39 is 6.04 Å². The maximum atomic E-state index is 11.8. The van der Waals surface area contributed by atoms with Crippen LogP contribution in [0.5, 0.6) is 0 Å². The summed E-state index contributed by atoms with van der Waals surface area (Å²) in [6.45, 7) is 6.95. The molecule has 108 valence electrons. The first kappa shape index (κ1) is 16.0. The van der Waals surface area contributed by atoms with Gasteiger partial charge in [0.15, 0.2) is 0 Å². The Kier molecular flexibility index (Phi) is 5.87. The van der Waals surface area contributed by atoms with Gasteiger partial charge in [-0.05, 0) is 37.0 Å². The second kappa shape index (κ2) is 6.96. The summed E-state index contributed by atoms with van der Waals surface area (Å²) in [6, 6.07) is -0.282. The fraction of sp³-hybridized carbons (Fsp3) is 0.812. The molecule has 0 aliphatic heterocycles. The lowest BCUT2D eigenvalue weighted by atomic mass is 9.69. The lowest BCUT2D eigenvalue weighted by Crippen LogP contribution is -2.47. The predicted octanol–water partition coefficient (Wildman–Crippen LogP) is 2.45. The van der Waals surface area contributed by atoms with Gasteiger partial charge in [-0.15, -0.1) is 12.3 Å². The van der Waals surface area contributed by atoms with Gasteiger partial charge in [-0.3, -0.25) is 4.79 Å². The zero-order valence-corrected chi connectivity index (χ0v) is 12.5. The number of rotatable bonds is 5. The molecule has 0 radical (unpaired) electrons. The average molecular weight is 264 g/mol. The fourth-order valence-corrected chi connectivity index (χ4v) is 2.84. The lowest BCUT2D eigenvalue weighted by Gasteiger charge is -2.39. The molecule has 1 atom stereocenters. The minimum Gasteiger partial charge on any atom is -0.352 e. The molecule has 1 unspecified atom stereocenters. The second-order valence-electron chi connectivity index (χ2n) is 6.41. The van der Waals surface area contributed by atoms with Crippen molar-refractivity contribution in [2.24, 2.45) is 17.1 Å². The number of hydrogen-bond acceptors (Lipinski definition) is 2. The van der Waals surface area contributed by atoms with E-state index in [0.717, 1.165) is 18.8 Å². The summed E-state index contributed by atoms with van der Waals surface area (Å²) in [5.74, 6) is 3.10. The summed E-state index contributed by atoms with van der Waals surface area (Å²) in [5.41, 5.74) is 6.12. The quantitative estimate of drug-likeness (QED) is 0.749. The van der Waals surface area contributed by atoms with Crippen molar-refractivity contribution in [3.8, 4) is 12.3 Å². The van der Waals surface area contributed by atoms with E-state index in [1.165, 1.54) is 19.3 Å². The number of amides is 1. The molecule has 1 amide bonds. The molecule has 0 bridgehead atoms. The molecule has 0 spiro atoms. The van der Waals surface area contributed by atoms with Gasteiger partial charge in [0, 0.05) is 12.5 Å². The molecule has 0 saturated heterocycles. The van der Waals surface area contributed by atoms with Crippen molar-refractivity contribution in [1.29, 1.82) is 0 Å². The summed E-state index contributed by atoms with van der Waals surface area (Å²) >= 11 is 0. The number of carbonyl (C=O) groups is 1. The van der Waals surface area contributed by atoms with Gasteiger partial charge in [0.1, 0.15) is 0 Å². The van der Waals surface area contributed by atoms with Crippen molar-refractivity contribution < 1.29 is 4.79 Å². The fourth-order valence-electron chi connectivity index (χ4n) is 2.84. The van der Waals surface area contributed by atoms with Crippen LogP contribution in [0.1, 0.15) is 59.3 Å². The van der Waals surface area contributed by atoms with Crippen LogP contribution in [0.4, 0.5) is 0 Å². The van der Waals surface area contributed by atoms with E-state index in [4.69, 9.17) is 12.2 Å². The molecule has 1 rings (SSSR count). The van der Waals surface area contributed by atoms with E-state index in [0.29, 0.717) is 11.8 Å². The van der Waals surface area contributed by atoms with E-state index in [1.807, 2.05) is 0 Å². The number of terminal acetylenes is 1. The first-order valence-electron chi connectivity index (χ1n) is 7.40. The van der Waals surface area contributed by atoms with Crippen LogP contribution >= 0.6 is 0 Å². The number of nitrogens with two attached hydrogens (primary N) is 1. The van der Waals surface area contributed by atoms with Crippen LogP contribution in [0.25, 0.3) is 0 Å². The molecule has 1 aliphatic carbocycles. The van der Waals surface area contributed by atoms with Crippen molar-refractivity contribution in [2.75, 3.05) is 0 Å². The van der Waals surface area contributed by atoms with Gasteiger partial charge < -0.3 is 11.1 Å². The maximum absolute atomic E-state index is 11.8. The van der Waals surface area contributed by atoms with Gasteiger partial charge in [-0.1, -0.05) is 27.2 Å². The highest BCUT2D eigenvalue weighted by atomic mass is 16.2. The smallest absolute Gasteiger partial charge is 0.238 e. The van der Waals surface area contributed by atoms with E-state index in [-0.39, 0.29) is 11.9 Å². The minimum atomic E-state index is -0.560. The third kappa shape index (κ3) is 4.54. The van der Waals surface area contributed by atoms with Crippen LogP contribution in [0.2, 0.25) is 0 Å². The van der Waals surface area contributed by atoms with Crippen LogP contribution in [0, 0.1) is 23.7 Å². The lowest BCUT2D eigenvalue weighted by molar-refractivity contribution is -0.123. The van der Waals surface area contributed by atoms with Crippen molar-refractivity contribution in [2.45, 2.75) is 71.4 Å². The number of carbonyl (C=O) groups excluding carboxylic acids is 1. The summed E-state index contributed by atoms with van der Waals surface area (Å²) in [6.07, 6.45) is 11.2. The van der Waals surface area contributed by atoms with Crippen LogP contribution < -0.4 is 11.1 Å². The number of nitrogens with one attached hydrogen (secondary N) is 1. The molecule has 3 N–H and O–H groups in total. The Labute approximate surface area is 117 Å². The van der Waals surface area contributed by atoms with Gasteiger partial charge in [0.25, 0.3) is 0 Å². The highest BCUT2D eigenvalue weighted by molar-refractivity contribution is 5.82. The molecule has 1 fully saturated rings. The normalized spacial score (nSPS) is 25.4. The van der Waals surface area contributed by atoms with Gasteiger partial charge in [0.2, 0.25) is 5.91 Å². The van der Waals surface area contributed by atoms with Crippen LogP contribution in [0.3, 0.4) is 0 Å². The Morgan fingerprint density at radius 3 is 2.47 bits per heavy atom. The Morgan fingerprint density at radius 1 is 1.42 bits per heavy atom. The summed E-state index contributed by atoms with van der Waals surface area (Å²) < 4.78 is 0. The third-order valence-electron chi connectivity index (χ3n) is 4.76. The molecule has 19 heavy (non-hydrogen) atoms. The standard InChI is InChI=1S/C16H28N2O/c1-5-7-14(17)15(19)18-13-10-8-12(9-11-13)16(3,4)6-2/h1,12-14H,6-11,17H2,2-4H3,(H,18,19). The van der Waals surface area contributed by atoms with Crippen LogP contribution in [0.15, 0.2) is 0 Å². The molecule has 1 aliphatic rings. The van der Waals surface area contributed by atoms with Crippen molar-refractivity contribution in [1.82, 2.24) is 5.32 Å². The molecule has 3 heteroatoms. The van der Waals surface area contributed by atoms with E-state index >= 15 is 0 Å². The molecule has 0 aromatic carbocycles. The largest absolute Gasteiger partial charge is 0.352 e. The van der Waals surface area contributed by atoms with E-state index in [9.17, 15) is 4.79 Å². The second-order valence-corrected chi connectivity index (χ2v) is 6.41. The first-order valence-corrected chi connectivity index (χ1v) is 7.40. The van der Waals surface area contributed by atoms with Crippen LogP contribution in [-0.2, 0) is 4.79 Å². The van der Waals surface area contributed by atoms with Crippen LogP contribution in [-0.4, -0.2) is 18.0 Å². The molecule has 0 aromatic rings. The summed E-state index contributed by atoms with van der Waals surface area (Å²) in [5, 5.41) is 3.03. The first-order chi connectivity index (χ1) is 8.90. The van der Waals surface area contributed by atoms with Gasteiger partial charge in [-0.2, -0.15) is 0 Å². The minimum absolute atomic E-state index is 0.101. The Morgan fingerprint density at radius 2 is 2.00 bits per heavy atom. The van der Waals surface area contributed by atoms with Crippen molar-refractivity contribution in [3.63, 3.8) is 0 Å². The molecule has 1 saturated carbocycles. The molecule has 0 heterocycles. The highest BCUT2D eigenvalue weighted by Gasteiger charge is 2.32. The maximum Gasteiger partial charge on any atom is 0.238 e. The SMILES string of the molecule is C#CCC(N)C(=O)NC1CCC(C(C)(C)CC)CC1. The highest BCUT2D eigenvalue weighted by Crippen LogP contribution is 2.40. The summed E-state index contributed by atoms with van der Waals surface area (Å²) in [7, 11) is 0. The zero-order chi connectivity index (χ0) is 14.5. The number of hydrogen-bond donors (Lipinski definition) is 2. The summed E-state index contributed by atoms with van der Waals surface area (Å²) in [4.78, 5) is 11.8. The van der Waals surface area contributed by atoms with Gasteiger partial charge in [-0.25, -0.2) is 0 Å². The van der Waals surface area contributed by atoms with Gasteiger partial charge in [0.05, 0.1) is 6.04 Å². The third-order valence-corrected chi connectivity index (χ3v) is 4.76. The molecule has 3 nitrogen and oxygen atoms in total. The predicted molar refractivity (Wildman–Crippen MR) is 79.4 cm³/mol. The Bertz CT molecular complexity index is 335. The monoisotopic (exact) mass is 264 g/mol. The zero-order valence-electron chi connectivity index (χ0n) is 12.5. The topological polar surface area (TPSA) is 55.1 Å². The Hall–Kier alpha value is -1.01. The average Bonchev–Trinajstić information content (AvgIpc) is 2.39. The van der Waals surface area contributed by atoms with E-state index in [1.54, 1.807) is 0 Å². The van der Waals surface area contributed by atoms with E-state index in [2.05, 4.69) is 32.0 Å². The van der Waals surface area contributed by atoms with Gasteiger partial charge >= 0.3 is 0 Å². The molecular weight excluding hydrogens is 236 g/mol. The van der Waals surface area contributed by atoms with Crippen molar-refractivity contribution >= 4 is 5.91 Å². The van der Waals surface area contributed by atoms with Crippen molar-refractivity contribution in [3.05, 3.63) is 0 Å². The molecular formula is C16H28N2O. The Balaban J connectivity index is 2.39.